The Morgan fingerprint density at radius 3 is 2.52 bits per heavy atom. The number of carbonyl (C=O) groups is 1. The second-order valence-corrected chi connectivity index (χ2v) is 8.35. The Bertz CT molecular complexity index is 1070. The van der Waals surface area contributed by atoms with E-state index in [1.54, 1.807) is 10.9 Å². The molecule has 2 aromatic heterocycles. The molecule has 0 bridgehead atoms. The number of rotatable bonds is 3. The molecule has 1 aliphatic rings. The van der Waals surface area contributed by atoms with Gasteiger partial charge >= 0.3 is 0 Å². The minimum atomic E-state index is -0.181. The molecule has 6 heteroatoms. The smallest absolute Gasteiger partial charge is 0.266 e. The highest BCUT2D eigenvalue weighted by Gasteiger charge is 2.23. The van der Waals surface area contributed by atoms with Crippen molar-refractivity contribution in [3.63, 3.8) is 0 Å². The lowest BCUT2D eigenvalue weighted by Gasteiger charge is -2.12. The molecule has 1 aliphatic carbocycles. The van der Waals surface area contributed by atoms with E-state index in [4.69, 9.17) is 0 Å². The van der Waals surface area contributed by atoms with Crippen LogP contribution in [0.5, 0.6) is 0 Å². The first kappa shape index (κ1) is 17.9. The van der Waals surface area contributed by atoms with Crippen molar-refractivity contribution >= 4 is 33.1 Å². The quantitative estimate of drug-likeness (QED) is 0.712. The number of hydrogen-bond acceptors (Lipinski definition) is 4. The fraction of sp³-hybridized carbons (Fsp3) is 0.381. The molecule has 4 rings (SSSR count). The van der Waals surface area contributed by atoms with Crippen LogP contribution in [0.25, 0.3) is 10.2 Å². The van der Waals surface area contributed by atoms with Crippen molar-refractivity contribution in [1.29, 1.82) is 0 Å². The van der Waals surface area contributed by atoms with Crippen molar-refractivity contribution < 1.29 is 4.79 Å². The first-order valence-electron chi connectivity index (χ1n) is 9.35. The molecule has 0 atom stereocenters. The van der Waals surface area contributed by atoms with Gasteiger partial charge in [-0.2, -0.15) is 0 Å². The van der Waals surface area contributed by atoms with Crippen LogP contribution in [0.4, 0.5) is 5.69 Å². The van der Waals surface area contributed by atoms with E-state index in [0.29, 0.717) is 15.1 Å². The first-order chi connectivity index (χ1) is 13.0. The number of aromatic nitrogens is 2. The van der Waals surface area contributed by atoms with Gasteiger partial charge < -0.3 is 5.32 Å². The third kappa shape index (κ3) is 3.08. The molecular weight excluding hydrogens is 358 g/mol. The number of fused-ring (bicyclic) bond motifs is 1. The molecule has 5 nitrogen and oxygen atoms in total. The Balaban J connectivity index is 1.74. The summed E-state index contributed by atoms with van der Waals surface area (Å²) in [7, 11) is 0. The zero-order chi connectivity index (χ0) is 19.1. The summed E-state index contributed by atoms with van der Waals surface area (Å²) >= 11 is 1.29. The number of thiophene rings is 1. The molecule has 2 heterocycles. The van der Waals surface area contributed by atoms with Gasteiger partial charge in [-0.1, -0.05) is 31.0 Å². The predicted molar refractivity (Wildman–Crippen MR) is 110 cm³/mol. The van der Waals surface area contributed by atoms with Gasteiger partial charge in [0, 0.05) is 11.7 Å². The van der Waals surface area contributed by atoms with Gasteiger partial charge in [-0.25, -0.2) is 4.98 Å². The second-order valence-electron chi connectivity index (χ2n) is 7.35. The molecule has 0 saturated heterocycles. The molecule has 1 amide bonds. The Hall–Kier alpha value is -2.47. The SMILES string of the molecule is Cc1cccc(C)c1NC(=O)c1sc2ncn(C3CCCC3)c(=O)c2c1C. The third-order valence-corrected chi connectivity index (χ3v) is 6.72. The molecular formula is C21H23N3O2S. The van der Waals surface area contributed by atoms with Crippen molar-refractivity contribution in [3.05, 3.63) is 56.4 Å². The van der Waals surface area contributed by atoms with Gasteiger partial charge in [0.2, 0.25) is 0 Å². The summed E-state index contributed by atoms with van der Waals surface area (Å²) in [5.74, 6) is -0.181. The number of anilines is 1. The van der Waals surface area contributed by atoms with E-state index in [-0.39, 0.29) is 17.5 Å². The van der Waals surface area contributed by atoms with E-state index >= 15 is 0 Å². The number of aryl methyl sites for hydroxylation is 3. The monoisotopic (exact) mass is 381 g/mol. The fourth-order valence-electron chi connectivity index (χ4n) is 3.98. The Morgan fingerprint density at radius 2 is 1.85 bits per heavy atom. The fourth-order valence-corrected chi connectivity index (χ4v) is 5.01. The van der Waals surface area contributed by atoms with Crippen molar-refractivity contribution in [1.82, 2.24) is 9.55 Å². The number of benzene rings is 1. The van der Waals surface area contributed by atoms with Gasteiger partial charge in [0.25, 0.3) is 11.5 Å². The van der Waals surface area contributed by atoms with E-state index < -0.39 is 0 Å². The number of amides is 1. The summed E-state index contributed by atoms with van der Waals surface area (Å²) in [5.41, 5.74) is 3.57. The molecule has 1 fully saturated rings. The predicted octanol–water partition coefficient (Wildman–Crippen LogP) is 4.75. The average Bonchev–Trinajstić information content (AvgIpc) is 3.27. The number of nitrogens with one attached hydrogen (secondary N) is 1. The topological polar surface area (TPSA) is 64.0 Å². The van der Waals surface area contributed by atoms with E-state index in [1.807, 2.05) is 39.0 Å². The van der Waals surface area contributed by atoms with Crippen LogP contribution in [0.3, 0.4) is 0 Å². The third-order valence-electron chi connectivity index (χ3n) is 5.52. The molecule has 0 unspecified atom stereocenters. The normalized spacial score (nSPS) is 14.8. The zero-order valence-corrected chi connectivity index (χ0v) is 16.7. The van der Waals surface area contributed by atoms with Crippen LogP contribution in [-0.4, -0.2) is 15.5 Å². The molecule has 27 heavy (non-hydrogen) atoms. The molecule has 3 aromatic rings. The standard InChI is InChI=1S/C21H23N3O2S/c1-12-7-6-8-13(2)17(12)23-19(25)18-14(3)16-20(27-18)22-11-24(21(16)26)15-9-4-5-10-15/h6-8,11,15H,4-5,9-10H2,1-3H3,(H,23,25). The maximum Gasteiger partial charge on any atom is 0.266 e. The summed E-state index contributed by atoms with van der Waals surface area (Å²) in [5, 5.41) is 3.60. The van der Waals surface area contributed by atoms with Crippen LogP contribution in [0.15, 0.2) is 29.3 Å². The highest BCUT2D eigenvalue weighted by molar-refractivity contribution is 7.20. The Labute approximate surface area is 162 Å². The number of nitrogens with zero attached hydrogens (tertiary/aromatic N) is 2. The van der Waals surface area contributed by atoms with E-state index in [9.17, 15) is 9.59 Å². The number of hydrogen-bond donors (Lipinski definition) is 1. The lowest BCUT2D eigenvalue weighted by molar-refractivity contribution is 0.103. The lowest BCUT2D eigenvalue weighted by atomic mass is 10.1. The van der Waals surface area contributed by atoms with Gasteiger partial charge in [0.05, 0.1) is 16.6 Å². The highest BCUT2D eigenvalue weighted by atomic mass is 32.1. The highest BCUT2D eigenvalue weighted by Crippen LogP contribution is 2.31. The molecule has 140 valence electrons. The van der Waals surface area contributed by atoms with Crippen LogP contribution in [0, 0.1) is 20.8 Å². The van der Waals surface area contributed by atoms with Gasteiger partial charge in [-0.05, 0) is 50.3 Å². The van der Waals surface area contributed by atoms with Crippen molar-refractivity contribution in [3.8, 4) is 0 Å². The molecule has 1 aromatic carbocycles. The molecule has 0 spiro atoms. The number of para-hydroxylation sites is 1. The first-order valence-corrected chi connectivity index (χ1v) is 10.2. The molecule has 1 saturated carbocycles. The van der Waals surface area contributed by atoms with Gasteiger partial charge in [-0.3, -0.25) is 14.2 Å². The minimum Gasteiger partial charge on any atom is -0.321 e. The van der Waals surface area contributed by atoms with E-state index in [1.165, 1.54) is 11.3 Å². The maximum absolute atomic E-state index is 13.0. The molecule has 1 N–H and O–H groups in total. The van der Waals surface area contributed by atoms with Crippen LogP contribution < -0.4 is 10.9 Å². The Morgan fingerprint density at radius 1 is 1.19 bits per heavy atom. The molecule has 0 aliphatic heterocycles. The van der Waals surface area contributed by atoms with Crippen molar-refractivity contribution in [2.75, 3.05) is 5.32 Å². The van der Waals surface area contributed by atoms with E-state index in [2.05, 4.69) is 10.3 Å². The van der Waals surface area contributed by atoms with Crippen LogP contribution >= 0.6 is 11.3 Å². The van der Waals surface area contributed by atoms with Gasteiger partial charge in [0.15, 0.2) is 0 Å². The van der Waals surface area contributed by atoms with Gasteiger partial charge in [0.1, 0.15) is 4.83 Å². The largest absolute Gasteiger partial charge is 0.321 e. The zero-order valence-electron chi connectivity index (χ0n) is 15.8. The average molecular weight is 382 g/mol. The summed E-state index contributed by atoms with van der Waals surface area (Å²) in [6, 6.07) is 6.16. The Kier molecular flexibility index (Phi) is 4.60. The summed E-state index contributed by atoms with van der Waals surface area (Å²) in [4.78, 5) is 31.6. The van der Waals surface area contributed by atoms with Crippen LogP contribution in [0.1, 0.15) is 58.1 Å². The summed E-state index contributed by atoms with van der Waals surface area (Å²) < 4.78 is 1.77. The lowest BCUT2D eigenvalue weighted by Crippen LogP contribution is -2.23. The van der Waals surface area contributed by atoms with Gasteiger partial charge in [-0.15, -0.1) is 11.3 Å². The maximum atomic E-state index is 13.0. The summed E-state index contributed by atoms with van der Waals surface area (Å²) in [6.07, 6.45) is 6.01. The van der Waals surface area contributed by atoms with Crippen molar-refractivity contribution in [2.45, 2.75) is 52.5 Å². The second kappa shape index (κ2) is 6.93. The number of carbonyl (C=O) groups excluding carboxylic acids is 1. The van der Waals surface area contributed by atoms with Crippen molar-refractivity contribution in [2.24, 2.45) is 0 Å². The van der Waals surface area contributed by atoms with Crippen LogP contribution in [0.2, 0.25) is 0 Å². The minimum absolute atomic E-state index is 0.0215. The molecule has 0 radical (unpaired) electrons. The summed E-state index contributed by atoms with van der Waals surface area (Å²) in [6.45, 7) is 5.80. The van der Waals surface area contributed by atoms with E-state index in [0.717, 1.165) is 48.1 Å². The van der Waals surface area contributed by atoms with Crippen LogP contribution in [-0.2, 0) is 0 Å².